The first-order valence-electron chi connectivity index (χ1n) is 7.61. The van der Waals surface area contributed by atoms with Crippen molar-refractivity contribution in [3.05, 3.63) is 47.4 Å². The van der Waals surface area contributed by atoms with Gasteiger partial charge in [0.15, 0.2) is 0 Å². The van der Waals surface area contributed by atoms with Crippen molar-refractivity contribution in [1.29, 1.82) is 0 Å². The van der Waals surface area contributed by atoms with Gasteiger partial charge in [0.2, 0.25) is 0 Å². The van der Waals surface area contributed by atoms with Gasteiger partial charge < -0.3 is 15.5 Å². The highest BCUT2D eigenvalue weighted by Gasteiger charge is 2.15. The van der Waals surface area contributed by atoms with Crippen LogP contribution in [0.25, 0.3) is 0 Å². The van der Waals surface area contributed by atoms with Crippen molar-refractivity contribution in [2.75, 3.05) is 18.5 Å². The molecular formula is C16H19BFN3O4. The second-order valence-electron chi connectivity index (χ2n) is 5.57. The summed E-state index contributed by atoms with van der Waals surface area (Å²) in [6.45, 7) is 1.09. The van der Waals surface area contributed by atoms with Crippen molar-refractivity contribution < 1.29 is 24.2 Å². The Morgan fingerprint density at radius 2 is 2.20 bits per heavy atom. The van der Waals surface area contributed by atoms with Crippen molar-refractivity contribution >= 4 is 30.7 Å². The van der Waals surface area contributed by atoms with Gasteiger partial charge in [0.05, 0.1) is 17.9 Å². The molecule has 1 amide bonds. The molecule has 1 unspecified atom stereocenters. The van der Waals surface area contributed by atoms with Gasteiger partial charge in [0.1, 0.15) is 32.2 Å². The van der Waals surface area contributed by atoms with Crippen LogP contribution in [-0.4, -0.2) is 48.3 Å². The van der Waals surface area contributed by atoms with Crippen molar-refractivity contribution in [3.63, 3.8) is 0 Å². The van der Waals surface area contributed by atoms with Crippen LogP contribution in [0.1, 0.15) is 15.9 Å². The third-order valence-electron chi connectivity index (χ3n) is 3.35. The van der Waals surface area contributed by atoms with Crippen LogP contribution in [0.4, 0.5) is 15.9 Å². The number of carbonyl (C=O) groups is 1. The molecule has 132 valence electrons. The predicted molar refractivity (Wildman–Crippen MR) is 93.3 cm³/mol. The molecule has 4 N–H and O–H groups in total. The number of carbonyl (C=O) groups excluding carboxylic acids is 1. The molecule has 0 spiro atoms. The number of rotatable bonds is 7. The van der Waals surface area contributed by atoms with E-state index in [4.69, 9.17) is 9.94 Å². The molecule has 0 saturated heterocycles. The second kappa shape index (κ2) is 8.56. The summed E-state index contributed by atoms with van der Waals surface area (Å²) in [4.78, 5) is 21.3. The molecule has 1 heterocycles. The zero-order valence-corrected chi connectivity index (χ0v) is 13.9. The van der Waals surface area contributed by atoms with E-state index in [0.717, 1.165) is 17.1 Å². The second-order valence-corrected chi connectivity index (χ2v) is 5.57. The van der Waals surface area contributed by atoms with Crippen molar-refractivity contribution in [3.8, 4) is 0 Å². The number of benzene rings is 1. The van der Waals surface area contributed by atoms with Gasteiger partial charge in [-0.1, -0.05) is 11.5 Å². The summed E-state index contributed by atoms with van der Waals surface area (Å²) in [6, 6.07) is 5.55. The quantitative estimate of drug-likeness (QED) is 0.400. The Balaban J connectivity index is 2.17. The van der Waals surface area contributed by atoms with Crippen molar-refractivity contribution in [2.45, 2.75) is 13.0 Å². The lowest BCUT2D eigenvalue weighted by molar-refractivity contribution is -0.0295. The van der Waals surface area contributed by atoms with Crippen LogP contribution in [0.2, 0.25) is 0 Å². The molecule has 25 heavy (non-hydrogen) atoms. The first-order chi connectivity index (χ1) is 11.9. The highest BCUT2D eigenvalue weighted by Crippen LogP contribution is 2.22. The Morgan fingerprint density at radius 1 is 1.44 bits per heavy atom. The number of nitrogens with one attached hydrogen (secondary N) is 2. The van der Waals surface area contributed by atoms with Gasteiger partial charge in [-0.25, -0.2) is 14.9 Å². The van der Waals surface area contributed by atoms with Gasteiger partial charge >= 0.3 is 0 Å². The number of aryl methyl sites for hydroxylation is 1. The molecule has 0 fully saturated rings. The molecule has 0 aliphatic carbocycles. The maximum absolute atomic E-state index is 13.6. The highest BCUT2D eigenvalue weighted by molar-refractivity contribution is 6.32. The average Bonchev–Trinajstić information content (AvgIpc) is 2.57. The monoisotopic (exact) mass is 347 g/mol. The Labute approximate surface area is 145 Å². The largest absolute Gasteiger partial charge is 0.394 e. The minimum absolute atomic E-state index is 0.140. The van der Waals surface area contributed by atoms with Gasteiger partial charge in [0.25, 0.3) is 5.91 Å². The standard InChI is InChI=1S/C16H19BFN3O4/c1-9-4-10(17)6-19-15(9)20-14-5-11(18)2-3-13(14)16(24)21-25-8-12(23)7-22/h2-6,12,22-23H,7-8,17H2,1H3,(H,19,20)(H,21,24). The number of aliphatic hydroxyl groups is 2. The maximum Gasteiger partial charge on any atom is 0.276 e. The van der Waals surface area contributed by atoms with Crippen LogP contribution in [0, 0.1) is 12.7 Å². The summed E-state index contributed by atoms with van der Waals surface area (Å²) in [7, 11) is 1.91. The lowest BCUT2D eigenvalue weighted by Crippen LogP contribution is -2.30. The average molecular weight is 347 g/mol. The van der Waals surface area contributed by atoms with Crippen LogP contribution in [0.15, 0.2) is 30.5 Å². The molecule has 1 aromatic carbocycles. The summed E-state index contributed by atoms with van der Waals surface area (Å²) in [5, 5.41) is 20.8. The highest BCUT2D eigenvalue weighted by atomic mass is 19.1. The number of halogens is 1. The summed E-state index contributed by atoms with van der Waals surface area (Å²) in [6.07, 6.45) is 0.554. The number of aromatic nitrogens is 1. The van der Waals surface area contributed by atoms with Gasteiger partial charge in [-0.3, -0.25) is 9.63 Å². The van der Waals surface area contributed by atoms with Crippen LogP contribution in [0.5, 0.6) is 0 Å². The van der Waals surface area contributed by atoms with Crippen LogP contribution >= 0.6 is 0 Å². The summed E-state index contributed by atoms with van der Waals surface area (Å²) in [5.41, 5.74) is 4.33. The number of aliphatic hydroxyl groups excluding tert-OH is 2. The van der Waals surface area contributed by atoms with E-state index in [2.05, 4.69) is 15.8 Å². The Kier molecular flexibility index (Phi) is 6.46. The molecule has 1 aromatic heterocycles. The third kappa shape index (κ3) is 5.25. The van der Waals surface area contributed by atoms with Crippen molar-refractivity contribution in [2.24, 2.45) is 0 Å². The summed E-state index contributed by atoms with van der Waals surface area (Å²) < 4.78 is 13.6. The topological polar surface area (TPSA) is 104 Å². The molecule has 0 aliphatic heterocycles. The lowest BCUT2D eigenvalue weighted by Gasteiger charge is -2.14. The molecule has 1 atom stereocenters. The van der Waals surface area contributed by atoms with Gasteiger partial charge in [-0.05, 0) is 30.7 Å². The van der Waals surface area contributed by atoms with Crippen LogP contribution in [-0.2, 0) is 4.84 Å². The summed E-state index contributed by atoms with van der Waals surface area (Å²) in [5.74, 6) is -0.639. The van der Waals surface area contributed by atoms with E-state index >= 15 is 0 Å². The number of anilines is 2. The molecule has 0 saturated carbocycles. The number of pyridine rings is 1. The molecular weight excluding hydrogens is 328 g/mol. The maximum atomic E-state index is 13.6. The zero-order chi connectivity index (χ0) is 18.4. The number of hydrogen-bond acceptors (Lipinski definition) is 6. The molecule has 0 radical (unpaired) electrons. The molecule has 9 heteroatoms. The SMILES string of the molecule is Bc1cnc(Nc2cc(F)ccc2C(=O)NOCC(O)CO)c(C)c1. The lowest BCUT2D eigenvalue weighted by atomic mass is 9.97. The minimum atomic E-state index is -1.11. The van der Waals surface area contributed by atoms with E-state index in [9.17, 15) is 14.3 Å². The van der Waals surface area contributed by atoms with E-state index in [1.165, 1.54) is 12.1 Å². The fraction of sp³-hybridized carbons (Fsp3) is 0.250. The normalized spacial score (nSPS) is 11.8. The van der Waals surface area contributed by atoms with Crippen molar-refractivity contribution in [1.82, 2.24) is 10.5 Å². The Bertz CT molecular complexity index is 760. The van der Waals surface area contributed by atoms with E-state index in [-0.39, 0.29) is 17.9 Å². The van der Waals surface area contributed by atoms with Gasteiger partial charge in [-0.2, -0.15) is 0 Å². The smallest absolute Gasteiger partial charge is 0.276 e. The minimum Gasteiger partial charge on any atom is -0.394 e. The van der Waals surface area contributed by atoms with Crippen LogP contribution < -0.4 is 16.3 Å². The van der Waals surface area contributed by atoms with E-state index in [1.54, 1.807) is 6.20 Å². The number of hydroxylamine groups is 1. The first kappa shape index (κ1) is 18.8. The molecule has 7 nitrogen and oxygen atoms in total. The summed E-state index contributed by atoms with van der Waals surface area (Å²) >= 11 is 0. The molecule has 2 aromatic rings. The van der Waals surface area contributed by atoms with E-state index in [1.807, 2.05) is 20.8 Å². The van der Waals surface area contributed by atoms with E-state index < -0.39 is 24.4 Å². The molecule has 2 rings (SSSR count). The van der Waals surface area contributed by atoms with E-state index in [0.29, 0.717) is 5.82 Å². The Hall–Kier alpha value is -2.49. The Morgan fingerprint density at radius 3 is 2.88 bits per heavy atom. The number of nitrogens with zero attached hydrogens (tertiary/aromatic N) is 1. The molecule has 0 bridgehead atoms. The molecule has 0 aliphatic rings. The third-order valence-corrected chi connectivity index (χ3v) is 3.35. The van der Waals surface area contributed by atoms with Gasteiger partial charge in [-0.15, -0.1) is 0 Å². The number of amides is 1. The number of hydrogen-bond donors (Lipinski definition) is 4. The zero-order valence-electron chi connectivity index (χ0n) is 13.9. The van der Waals surface area contributed by atoms with Gasteiger partial charge in [0, 0.05) is 6.20 Å². The fourth-order valence-corrected chi connectivity index (χ4v) is 2.10. The predicted octanol–water partition coefficient (Wildman–Crippen LogP) is -0.454. The fourth-order valence-electron chi connectivity index (χ4n) is 2.10. The van der Waals surface area contributed by atoms with Crippen LogP contribution in [0.3, 0.4) is 0 Å². The first-order valence-corrected chi connectivity index (χ1v) is 7.61.